The molecule has 84 valence electrons. The molecule has 0 aliphatic carbocycles. The van der Waals surface area contributed by atoms with Crippen molar-refractivity contribution in [2.24, 2.45) is 0 Å². The van der Waals surface area contributed by atoms with Crippen molar-refractivity contribution in [1.29, 1.82) is 0 Å². The predicted octanol–water partition coefficient (Wildman–Crippen LogP) is 2.38. The summed E-state index contributed by atoms with van der Waals surface area (Å²) in [7, 11) is 0. The fourth-order valence-electron chi connectivity index (χ4n) is 2.07. The molecule has 2 aromatic rings. The maximum absolute atomic E-state index is 10.7. The van der Waals surface area contributed by atoms with Gasteiger partial charge >= 0.3 is 5.97 Å². The summed E-state index contributed by atoms with van der Waals surface area (Å²) in [5.41, 5.74) is 1.91. The van der Waals surface area contributed by atoms with E-state index >= 15 is 0 Å². The number of nitrogens with zero attached hydrogens (tertiary/aromatic N) is 2. The van der Waals surface area contributed by atoms with Crippen LogP contribution in [0.25, 0.3) is 11.0 Å². The summed E-state index contributed by atoms with van der Waals surface area (Å²) in [4.78, 5) is 15.1. The Balaban J connectivity index is 2.50. The van der Waals surface area contributed by atoms with E-state index in [2.05, 4.69) is 4.98 Å². The predicted molar refractivity (Wildman–Crippen MR) is 61.4 cm³/mol. The molecule has 1 aromatic carbocycles. The van der Waals surface area contributed by atoms with Crippen molar-refractivity contribution in [2.45, 2.75) is 26.3 Å². The highest BCUT2D eigenvalue weighted by Crippen LogP contribution is 2.22. The quantitative estimate of drug-likeness (QED) is 0.860. The molecule has 4 heteroatoms. The van der Waals surface area contributed by atoms with Gasteiger partial charge in [-0.1, -0.05) is 12.1 Å². The lowest BCUT2D eigenvalue weighted by molar-refractivity contribution is -0.137. The van der Waals surface area contributed by atoms with E-state index in [1.165, 1.54) is 0 Å². The van der Waals surface area contributed by atoms with Crippen LogP contribution in [-0.2, 0) is 4.79 Å². The molecule has 0 aliphatic rings. The molecule has 1 atom stereocenters. The Morgan fingerprint density at radius 3 is 2.88 bits per heavy atom. The summed E-state index contributed by atoms with van der Waals surface area (Å²) in [6, 6.07) is 7.69. The summed E-state index contributed by atoms with van der Waals surface area (Å²) in [5.74, 6) is 0.0691. The molecule has 1 heterocycles. The molecule has 2 rings (SSSR count). The fraction of sp³-hybridized carbons (Fsp3) is 0.333. The Kier molecular flexibility index (Phi) is 2.64. The maximum Gasteiger partial charge on any atom is 0.305 e. The molecular formula is C12H14N2O2. The van der Waals surface area contributed by atoms with Crippen LogP contribution in [0.1, 0.15) is 25.2 Å². The first kappa shape index (κ1) is 10.7. The third kappa shape index (κ3) is 1.78. The SMILES string of the molecule is Cc1nc2ccccc2n1C(C)CC(=O)O. The van der Waals surface area contributed by atoms with Crippen LogP contribution >= 0.6 is 0 Å². The highest BCUT2D eigenvalue weighted by atomic mass is 16.4. The number of carbonyl (C=O) groups is 1. The maximum atomic E-state index is 10.7. The van der Waals surface area contributed by atoms with Gasteiger partial charge in [0.1, 0.15) is 5.82 Å². The van der Waals surface area contributed by atoms with Crippen molar-refractivity contribution in [2.75, 3.05) is 0 Å². The van der Waals surface area contributed by atoms with Crippen LogP contribution in [0.5, 0.6) is 0 Å². The minimum Gasteiger partial charge on any atom is -0.481 e. The van der Waals surface area contributed by atoms with Crippen molar-refractivity contribution >= 4 is 17.0 Å². The average Bonchev–Trinajstić information content (AvgIpc) is 2.52. The largest absolute Gasteiger partial charge is 0.481 e. The van der Waals surface area contributed by atoms with Crippen LogP contribution in [0.3, 0.4) is 0 Å². The van der Waals surface area contributed by atoms with Crippen LogP contribution in [0, 0.1) is 6.92 Å². The summed E-state index contributed by atoms with van der Waals surface area (Å²) in [5, 5.41) is 8.81. The van der Waals surface area contributed by atoms with Gasteiger partial charge in [-0.2, -0.15) is 0 Å². The summed E-state index contributed by atoms with van der Waals surface area (Å²) >= 11 is 0. The van der Waals surface area contributed by atoms with Crippen molar-refractivity contribution in [3.8, 4) is 0 Å². The first-order valence-electron chi connectivity index (χ1n) is 5.25. The van der Waals surface area contributed by atoms with Gasteiger partial charge in [-0.3, -0.25) is 4.79 Å². The summed E-state index contributed by atoms with van der Waals surface area (Å²) in [6.45, 7) is 3.80. The molecule has 4 nitrogen and oxygen atoms in total. The van der Waals surface area contributed by atoms with Crippen LogP contribution in [0.2, 0.25) is 0 Å². The topological polar surface area (TPSA) is 55.1 Å². The van der Waals surface area contributed by atoms with E-state index in [4.69, 9.17) is 5.11 Å². The molecule has 1 unspecified atom stereocenters. The van der Waals surface area contributed by atoms with Gasteiger partial charge in [0.15, 0.2) is 0 Å². The van der Waals surface area contributed by atoms with Gasteiger partial charge in [0.2, 0.25) is 0 Å². The lowest BCUT2D eigenvalue weighted by Gasteiger charge is -2.13. The van der Waals surface area contributed by atoms with Gasteiger partial charge in [-0.05, 0) is 26.0 Å². The van der Waals surface area contributed by atoms with Crippen LogP contribution in [-0.4, -0.2) is 20.6 Å². The van der Waals surface area contributed by atoms with Gasteiger partial charge in [0, 0.05) is 6.04 Å². The monoisotopic (exact) mass is 218 g/mol. The average molecular weight is 218 g/mol. The Hall–Kier alpha value is -1.84. The Morgan fingerprint density at radius 1 is 1.50 bits per heavy atom. The fourth-order valence-corrected chi connectivity index (χ4v) is 2.07. The van der Waals surface area contributed by atoms with Gasteiger partial charge in [0.05, 0.1) is 17.5 Å². The van der Waals surface area contributed by atoms with Gasteiger partial charge in [0.25, 0.3) is 0 Å². The number of aliphatic carboxylic acids is 1. The third-order valence-electron chi connectivity index (χ3n) is 2.68. The summed E-state index contributed by atoms with van der Waals surface area (Å²) in [6.07, 6.45) is 0.112. The highest BCUT2D eigenvalue weighted by molar-refractivity contribution is 5.76. The second kappa shape index (κ2) is 3.96. The molecule has 16 heavy (non-hydrogen) atoms. The van der Waals surface area contributed by atoms with Crippen molar-refractivity contribution < 1.29 is 9.90 Å². The number of benzene rings is 1. The smallest absolute Gasteiger partial charge is 0.305 e. The Labute approximate surface area is 93.5 Å². The number of aryl methyl sites for hydroxylation is 1. The molecule has 0 fully saturated rings. The van der Waals surface area contributed by atoms with Crippen LogP contribution in [0.15, 0.2) is 24.3 Å². The first-order chi connectivity index (χ1) is 7.59. The van der Waals surface area contributed by atoms with E-state index in [-0.39, 0.29) is 12.5 Å². The molecule has 1 aromatic heterocycles. The zero-order chi connectivity index (χ0) is 11.7. The Morgan fingerprint density at radius 2 is 2.19 bits per heavy atom. The van der Waals surface area contributed by atoms with Crippen molar-refractivity contribution in [3.63, 3.8) is 0 Å². The molecule has 0 amide bonds. The number of aromatic nitrogens is 2. The van der Waals surface area contributed by atoms with E-state index in [1.807, 2.05) is 42.7 Å². The molecule has 0 radical (unpaired) electrons. The number of fused-ring (bicyclic) bond motifs is 1. The molecular weight excluding hydrogens is 204 g/mol. The number of hydrogen-bond acceptors (Lipinski definition) is 2. The van der Waals surface area contributed by atoms with Crippen LogP contribution < -0.4 is 0 Å². The molecule has 0 bridgehead atoms. The third-order valence-corrected chi connectivity index (χ3v) is 2.68. The van der Waals surface area contributed by atoms with Crippen molar-refractivity contribution in [1.82, 2.24) is 9.55 Å². The summed E-state index contributed by atoms with van der Waals surface area (Å²) < 4.78 is 1.98. The van der Waals surface area contributed by atoms with Crippen LogP contribution in [0.4, 0.5) is 0 Å². The lowest BCUT2D eigenvalue weighted by atomic mass is 10.2. The zero-order valence-electron chi connectivity index (χ0n) is 9.34. The van der Waals surface area contributed by atoms with E-state index in [0.29, 0.717) is 0 Å². The molecule has 1 N–H and O–H groups in total. The van der Waals surface area contributed by atoms with Crippen molar-refractivity contribution in [3.05, 3.63) is 30.1 Å². The number of para-hydroxylation sites is 2. The number of imidazole rings is 1. The second-order valence-electron chi connectivity index (χ2n) is 3.96. The number of carboxylic acid groups (broad SMARTS) is 1. The molecule has 0 saturated heterocycles. The van der Waals surface area contributed by atoms with Gasteiger partial charge in [-0.25, -0.2) is 4.98 Å². The highest BCUT2D eigenvalue weighted by Gasteiger charge is 2.15. The number of rotatable bonds is 3. The zero-order valence-corrected chi connectivity index (χ0v) is 9.34. The Bertz CT molecular complexity index is 531. The lowest BCUT2D eigenvalue weighted by Crippen LogP contribution is -2.11. The van der Waals surface area contributed by atoms with E-state index in [0.717, 1.165) is 16.9 Å². The van der Waals surface area contributed by atoms with E-state index in [1.54, 1.807) is 0 Å². The normalized spacial score (nSPS) is 12.9. The van der Waals surface area contributed by atoms with Gasteiger partial charge < -0.3 is 9.67 Å². The molecule has 0 aliphatic heterocycles. The number of carboxylic acids is 1. The van der Waals surface area contributed by atoms with E-state index in [9.17, 15) is 4.79 Å². The first-order valence-corrected chi connectivity index (χ1v) is 5.25. The minimum atomic E-state index is -0.787. The molecule has 0 spiro atoms. The molecule has 0 saturated carbocycles. The van der Waals surface area contributed by atoms with Gasteiger partial charge in [-0.15, -0.1) is 0 Å². The second-order valence-corrected chi connectivity index (χ2v) is 3.96. The minimum absolute atomic E-state index is 0.0788. The number of hydrogen-bond donors (Lipinski definition) is 1. The van der Waals surface area contributed by atoms with E-state index < -0.39 is 5.97 Å². The standard InChI is InChI=1S/C12H14N2O2/c1-8(7-12(15)16)14-9(2)13-10-5-3-4-6-11(10)14/h3-6,8H,7H2,1-2H3,(H,15,16).